The van der Waals surface area contributed by atoms with Crippen LogP contribution in [0.5, 0.6) is 0 Å². The smallest absolute Gasteiger partial charge is 0.327 e. The minimum Gasteiger partial charge on any atom is -0.468 e. The van der Waals surface area contributed by atoms with Crippen molar-refractivity contribution >= 4 is 11.8 Å². The van der Waals surface area contributed by atoms with Crippen LogP contribution >= 0.6 is 0 Å². The maximum absolute atomic E-state index is 10.8. The topological polar surface area (TPSA) is 93.9 Å². The number of esters is 1. The zero-order valence-electron chi connectivity index (χ0n) is 7.02. The maximum Gasteiger partial charge on any atom is 0.327 e. The summed E-state index contributed by atoms with van der Waals surface area (Å²) in [5, 5.41) is 12.3. The number of aromatic nitrogens is 2. The molecule has 1 rings (SSSR count). The molecule has 0 spiro atoms. The number of anilines is 1. The highest BCUT2D eigenvalue weighted by molar-refractivity contribution is 5.69. The number of carbonyl (C=O) groups is 1. The quantitative estimate of drug-likeness (QED) is 0.620. The standard InChI is InChI=1S/C7H8N4O2/c1-13-6(12)4-11-7(9)5(2-8)3-10-11/h3H,4,9H2,1H3. The van der Waals surface area contributed by atoms with E-state index in [9.17, 15) is 4.79 Å². The van der Waals surface area contributed by atoms with Gasteiger partial charge in [-0.2, -0.15) is 10.4 Å². The van der Waals surface area contributed by atoms with Gasteiger partial charge in [0.15, 0.2) is 0 Å². The average molecular weight is 180 g/mol. The Kier molecular flexibility index (Phi) is 2.50. The van der Waals surface area contributed by atoms with Gasteiger partial charge in [-0.3, -0.25) is 4.79 Å². The Morgan fingerprint density at radius 3 is 3.08 bits per heavy atom. The number of hydrogen-bond acceptors (Lipinski definition) is 5. The number of nitrogen functional groups attached to an aromatic ring is 1. The van der Waals surface area contributed by atoms with Gasteiger partial charge in [0.25, 0.3) is 0 Å². The second-order valence-electron chi connectivity index (χ2n) is 2.29. The summed E-state index contributed by atoms with van der Waals surface area (Å²) in [7, 11) is 1.27. The summed E-state index contributed by atoms with van der Waals surface area (Å²) < 4.78 is 5.63. The van der Waals surface area contributed by atoms with Crippen molar-refractivity contribution in [3.8, 4) is 6.07 Å². The second kappa shape index (κ2) is 3.58. The van der Waals surface area contributed by atoms with E-state index < -0.39 is 5.97 Å². The minimum absolute atomic E-state index is 0.0794. The number of nitrogens with two attached hydrogens (primary N) is 1. The molecule has 0 bridgehead atoms. The van der Waals surface area contributed by atoms with Crippen LogP contribution in [0.25, 0.3) is 0 Å². The fourth-order valence-electron chi connectivity index (χ4n) is 0.794. The first kappa shape index (κ1) is 9.06. The molecule has 6 nitrogen and oxygen atoms in total. The lowest BCUT2D eigenvalue weighted by Crippen LogP contribution is -2.14. The summed E-state index contributed by atoms with van der Waals surface area (Å²) in [6, 6.07) is 1.85. The third-order valence-electron chi connectivity index (χ3n) is 1.51. The third kappa shape index (κ3) is 1.76. The number of nitriles is 1. The molecular formula is C7H8N4O2. The van der Waals surface area contributed by atoms with Crippen LogP contribution in [0.2, 0.25) is 0 Å². The molecule has 0 amide bonds. The Labute approximate surface area is 74.5 Å². The SMILES string of the molecule is COC(=O)Cn1ncc(C#N)c1N. The molecule has 0 saturated carbocycles. The van der Waals surface area contributed by atoms with Gasteiger partial charge in [0.05, 0.1) is 13.3 Å². The van der Waals surface area contributed by atoms with E-state index in [1.807, 2.05) is 6.07 Å². The van der Waals surface area contributed by atoms with Gasteiger partial charge in [0, 0.05) is 0 Å². The molecule has 0 saturated heterocycles. The van der Waals surface area contributed by atoms with E-state index in [0.29, 0.717) is 0 Å². The lowest BCUT2D eigenvalue weighted by atomic mass is 10.4. The van der Waals surface area contributed by atoms with E-state index in [1.165, 1.54) is 18.0 Å². The van der Waals surface area contributed by atoms with Gasteiger partial charge in [-0.1, -0.05) is 0 Å². The molecule has 0 unspecified atom stereocenters. The summed E-state index contributed by atoms with van der Waals surface area (Å²) in [6.07, 6.45) is 1.30. The Hall–Kier alpha value is -2.03. The zero-order valence-corrected chi connectivity index (χ0v) is 7.02. The van der Waals surface area contributed by atoms with Gasteiger partial charge in [-0.25, -0.2) is 4.68 Å². The van der Waals surface area contributed by atoms with Crippen LogP contribution in [0, 0.1) is 11.3 Å². The van der Waals surface area contributed by atoms with Crippen molar-refractivity contribution in [2.24, 2.45) is 0 Å². The van der Waals surface area contributed by atoms with Crippen molar-refractivity contribution in [3.63, 3.8) is 0 Å². The van der Waals surface area contributed by atoms with E-state index >= 15 is 0 Å². The molecule has 0 aromatic carbocycles. The number of nitrogens with zero attached hydrogens (tertiary/aromatic N) is 3. The molecule has 68 valence electrons. The van der Waals surface area contributed by atoms with Crippen LogP contribution in [0.15, 0.2) is 6.20 Å². The maximum atomic E-state index is 10.8. The van der Waals surface area contributed by atoms with E-state index in [0.717, 1.165) is 0 Å². The van der Waals surface area contributed by atoms with E-state index in [1.54, 1.807) is 0 Å². The summed E-state index contributed by atoms with van der Waals surface area (Å²) in [5.74, 6) is -0.285. The van der Waals surface area contributed by atoms with E-state index in [2.05, 4.69) is 9.84 Å². The first-order chi connectivity index (χ1) is 6.19. The van der Waals surface area contributed by atoms with Gasteiger partial charge >= 0.3 is 5.97 Å². The van der Waals surface area contributed by atoms with Gasteiger partial charge < -0.3 is 10.5 Å². The van der Waals surface area contributed by atoms with Crippen LogP contribution in [0.1, 0.15) is 5.56 Å². The summed E-state index contributed by atoms with van der Waals surface area (Å²) >= 11 is 0. The van der Waals surface area contributed by atoms with Crippen molar-refractivity contribution in [2.45, 2.75) is 6.54 Å². The molecular weight excluding hydrogens is 172 g/mol. The van der Waals surface area contributed by atoms with Crippen LogP contribution < -0.4 is 5.73 Å². The molecule has 0 fully saturated rings. The Bertz CT molecular complexity index is 363. The van der Waals surface area contributed by atoms with Crippen molar-refractivity contribution in [1.29, 1.82) is 5.26 Å². The normalized spacial score (nSPS) is 9.23. The molecule has 13 heavy (non-hydrogen) atoms. The van der Waals surface area contributed by atoms with Gasteiger partial charge in [0.1, 0.15) is 24.0 Å². The Balaban J connectivity index is 2.86. The largest absolute Gasteiger partial charge is 0.468 e. The van der Waals surface area contributed by atoms with Gasteiger partial charge in [0.2, 0.25) is 0 Å². The van der Waals surface area contributed by atoms with Crippen LogP contribution in [0.3, 0.4) is 0 Å². The Morgan fingerprint density at radius 2 is 2.62 bits per heavy atom. The van der Waals surface area contributed by atoms with Crippen molar-refractivity contribution in [3.05, 3.63) is 11.8 Å². The summed E-state index contributed by atoms with van der Waals surface area (Å²) in [4.78, 5) is 10.8. The monoisotopic (exact) mass is 180 g/mol. The molecule has 0 atom stereocenters. The Morgan fingerprint density at radius 1 is 1.92 bits per heavy atom. The molecule has 0 aliphatic heterocycles. The molecule has 1 aromatic rings. The molecule has 2 N–H and O–H groups in total. The molecule has 1 aromatic heterocycles. The molecule has 0 aliphatic carbocycles. The fourth-order valence-corrected chi connectivity index (χ4v) is 0.794. The molecule has 6 heteroatoms. The van der Waals surface area contributed by atoms with Gasteiger partial charge in [-0.15, -0.1) is 0 Å². The van der Waals surface area contributed by atoms with Crippen LogP contribution in [0.4, 0.5) is 5.82 Å². The third-order valence-corrected chi connectivity index (χ3v) is 1.51. The highest BCUT2D eigenvalue weighted by Crippen LogP contribution is 2.08. The highest BCUT2D eigenvalue weighted by Gasteiger charge is 2.09. The number of carbonyl (C=O) groups excluding carboxylic acids is 1. The first-order valence-corrected chi connectivity index (χ1v) is 3.47. The van der Waals surface area contributed by atoms with Crippen molar-refractivity contribution in [2.75, 3.05) is 12.8 Å². The lowest BCUT2D eigenvalue weighted by Gasteiger charge is -2.01. The summed E-state index contributed by atoms with van der Waals surface area (Å²) in [5.41, 5.74) is 5.74. The van der Waals surface area contributed by atoms with Crippen LogP contribution in [-0.2, 0) is 16.1 Å². The van der Waals surface area contributed by atoms with E-state index in [-0.39, 0.29) is 17.9 Å². The summed E-state index contributed by atoms with van der Waals surface area (Å²) in [6.45, 7) is -0.0794. The highest BCUT2D eigenvalue weighted by atomic mass is 16.5. The lowest BCUT2D eigenvalue weighted by molar-refractivity contribution is -0.141. The molecule has 1 heterocycles. The average Bonchev–Trinajstić information content (AvgIpc) is 2.48. The number of rotatable bonds is 2. The second-order valence-corrected chi connectivity index (χ2v) is 2.29. The number of hydrogen-bond donors (Lipinski definition) is 1. The van der Waals surface area contributed by atoms with Crippen molar-refractivity contribution in [1.82, 2.24) is 9.78 Å². The predicted molar refractivity (Wildman–Crippen MR) is 43.4 cm³/mol. The van der Waals surface area contributed by atoms with Gasteiger partial charge in [-0.05, 0) is 0 Å². The predicted octanol–water partition coefficient (Wildman–Crippen LogP) is -0.490. The zero-order chi connectivity index (χ0) is 9.84. The number of ether oxygens (including phenoxy) is 1. The molecule has 0 radical (unpaired) electrons. The van der Waals surface area contributed by atoms with Crippen LogP contribution in [-0.4, -0.2) is 22.9 Å². The molecule has 0 aliphatic rings. The first-order valence-electron chi connectivity index (χ1n) is 3.47. The fraction of sp³-hybridized carbons (Fsp3) is 0.286. The van der Waals surface area contributed by atoms with E-state index in [4.69, 9.17) is 11.0 Å². The van der Waals surface area contributed by atoms with Crippen molar-refractivity contribution < 1.29 is 9.53 Å². The minimum atomic E-state index is -0.459. The number of methoxy groups -OCH3 is 1.